The number of hydrogen-bond acceptors (Lipinski definition) is 7. The smallest absolute Gasteiger partial charge is 0.326 e. The first-order valence-electron chi connectivity index (χ1n) is 7.84. The molecule has 0 aromatic rings. The summed E-state index contributed by atoms with van der Waals surface area (Å²) in [6.45, 7) is 0.402. The second-order valence-corrected chi connectivity index (χ2v) is 5.83. The van der Waals surface area contributed by atoms with Crippen LogP contribution in [-0.4, -0.2) is 64.4 Å². The first-order valence-corrected chi connectivity index (χ1v) is 8.48. The van der Waals surface area contributed by atoms with Crippen LogP contribution in [0.1, 0.15) is 32.1 Å². The molecule has 2 amide bonds. The molecular formula is C14H26N4O6S. The van der Waals surface area contributed by atoms with Gasteiger partial charge >= 0.3 is 11.9 Å². The molecule has 0 spiro atoms. The van der Waals surface area contributed by atoms with E-state index in [-0.39, 0.29) is 25.0 Å². The average molecular weight is 378 g/mol. The van der Waals surface area contributed by atoms with Gasteiger partial charge in [-0.25, -0.2) is 4.79 Å². The van der Waals surface area contributed by atoms with E-state index in [0.29, 0.717) is 19.4 Å². The van der Waals surface area contributed by atoms with E-state index in [1.54, 1.807) is 0 Å². The van der Waals surface area contributed by atoms with Crippen molar-refractivity contribution in [2.24, 2.45) is 11.5 Å². The number of carbonyl (C=O) groups excluding carboxylic acids is 2. The number of carboxylic acid groups (broad SMARTS) is 2. The Hall–Kier alpha value is -1.85. The molecule has 0 radical (unpaired) electrons. The van der Waals surface area contributed by atoms with Crippen LogP contribution in [0, 0.1) is 0 Å². The van der Waals surface area contributed by atoms with Crippen LogP contribution in [0.2, 0.25) is 0 Å². The van der Waals surface area contributed by atoms with Gasteiger partial charge in [-0.15, -0.1) is 0 Å². The third kappa shape index (κ3) is 9.89. The third-order valence-corrected chi connectivity index (χ3v) is 3.77. The fourth-order valence-electron chi connectivity index (χ4n) is 1.92. The van der Waals surface area contributed by atoms with E-state index in [4.69, 9.17) is 16.6 Å². The van der Waals surface area contributed by atoms with Crippen LogP contribution in [0.4, 0.5) is 0 Å². The lowest BCUT2D eigenvalue weighted by Crippen LogP contribution is -2.54. The summed E-state index contributed by atoms with van der Waals surface area (Å²) in [5, 5.41) is 22.6. The van der Waals surface area contributed by atoms with Crippen LogP contribution in [0.5, 0.6) is 0 Å². The Labute approximate surface area is 151 Å². The van der Waals surface area contributed by atoms with Gasteiger partial charge in [-0.05, 0) is 32.2 Å². The van der Waals surface area contributed by atoms with Crippen LogP contribution in [0.25, 0.3) is 0 Å². The molecular weight excluding hydrogens is 352 g/mol. The molecule has 0 bridgehead atoms. The zero-order valence-corrected chi connectivity index (χ0v) is 14.7. The standard InChI is InChI=1S/C14H26N4O6S/c15-6-2-1-3-10(14(23)24)18-13(22)9(4-5-11(19)20)17-12(21)8(16)7-25/h8-10,25H,1-7,15-16H2,(H,17,21)(H,18,22)(H,19,20)(H,23,24)/t8-,9+,10+/m0/s1. The van der Waals surface area contributed by atoms with Crippen molar-refractivity contribution in [1.29, 1.82) is 0 Å². The highest BCUT2D eigenvalue weighted by Crippen LogP contribution is 2.04. The maximum atomic E-state index is 12.3. The topological polar surface area (TPSA) is 185 Å². The number of hydrogen-bond donors (Lipinski definition) is 7. The minimum Gasteiger partial charge on any atom is -0.481 e. The molecule has 0 aliphatic heterocycles. The zero-order chi connectivity index (χ0) is 19.4. The van der Waals surface area contributed by atoms with E-state index in [2.05, 4.69) is 23.3 Å². The number of aliphatic carboxylic acids is 2. The monoisotopic (exact) mass is 378 g/mol. The second-order valence-electron chi connectivity index (χ2n) is 5.47. The number of carboxylic acids is 2. The summed E-state index contributed by atoms with van der Waals surface area (Å²) in [5.74, 6) is -3.78. The van der Waals surface area contributed by atoms with Crippen molar-refractivity contribution in [2.45, 2.75) is 50.2 Å². The summed E-state index contributed by atoms with van der Waals surface area (Å²) in [7, 11) is 0. The normalized spacial score (nSPS) is 14.2. The minimum absolute atomic E-state index is 0.0376. The molecule has 0 saturated carbocycles. The second kappa shape index (κ2) is 12.5. The van der Waals surface area contributed by atoms with Crippen LogP contribution in [0.15, 0.2) is 0 Å². The highest BCUT2D eigenvalue weighted by atomic mass is 32.1. The lowest BCUT2D eigenvalue weighted by Gasteiger charge is -2.22. The molecule has 0 aromatic carbocycles. The quantitative estimate of drug-likeness (QED) is 0.146. The maximum Gasteiger partial charge on any atom is 0.326 e. The summed E-state index contributed by atoms with van der Waals surface area (Å²) in [6, 6.07) is -3.32. The summed E-state index contributed by atoms with van der Waals surface area (Å²) in [4.78, 5) is 46.1. The van der Waals surface area contributed by atoms with Gasteiger partial charge in [-0.3, -0.25) is 14.4 Å². The van der Waals surface area contributed by atoms with Gasteiger partial charge in [-0.1, -0.05) is 0 Å². The fourth-order valence-corrected chi connectivity index (χ4v) is 2.09. The predicted molar refractivity (Wildman–Crippen MR) is 93.1 cm³/mol. The largest absolute Gasteiger partial charge is 0.481 e. The van der Waals surface area contributed by atoms with Crippen molar-refractivity contribution in [3.05, 3.63) is 0 Å². The third-order valence-electron chi connectivity index (χ3n) is 3.37. The number of unbranched alkanes of at least 4 members (excludes halogenated alkanes) is 1. The lowest BCUT2D eigenvalue weighted by atomic mass is 10.1. The Bertz CT molecular complexity index is 476. The van der Waals surface area contributed by atoms with Gasteiger partial charge < -0.3 is 32.3 Å². The number of rotatable bonds is 13. The Balaban J connectivity index is 4.94. The molecule has 144 valence electrons. The molecule has 25 heavy (non-hydrogen) atoms. The Morgan fingerprint density at radius 2 is 1.56 bits per heavy atom. The SMILES string of the molecule is NCCCC[C@@H](NC(=O)[C@@H](CCC(=O)O)NC(=O)[C@@H](N)CS)C(=O)O. The number of carbonyl (C=O) groups is 4. The van der Waals surface area contributed by atoms with Gasteiger partial charge in [0.15, 0.2) is 0 Å². The van der Waals surface area contributed by atoms with Crippen LogP contribution in [0.3, 0.4) is 0 Å². The highest BCUT2D eigenvalue weighted by molar-refractivity contribution is 7.80. The molecule has 0 rings (SSSR count). The van der Waals surface area contributed by atoms with Crippen LogP contribution < -0.4 is 22.1 Å². The summed E-state index contributed by atoms with van der Waals surface area (Å²) < 4.78 is 0. The molecule has 0 unspecified atom stereocenters. The Kier molecular flexibility index (Phi) is 11.6. The van der Waals surface area contributed by atoms with Gasteiger partial charge in [0.2, 0.25) is 11.8 Å². The molecule has 3 atom stereocenters. The van der Waals surface area contributed by atoms with Gasteiger partial charge in [0.1, 0.15) is 12.1 Å². The van der Waals surface area contributed by atoms with Crippen molar-refractivity contribution < 1.29 is 29.4 Å². The summed E-state index contributed by atoms with van der Waals surface area (Å²) in [6.07, 6.45) is 0.717. The molecule has 0 saturated heterocycles. The Morgan fingerprint density at radius 3 is 2.04 bits per heavy atom. The van der Waals surface area contributed by atoms with Gasteiger partial charge in [-0.2, -0.15) is 12.6 Å². The van der Waals surface area contributed by atoms with E-state index in [1.165, 1.54) is 0 Å². The lowest BCUT2D eigenvalue weighted by molar-refractivity contribution is -0.143. The van der Waals surface area contributed by atoms with E-state index >= 15 is 0 Å². The first kappa shape index (κ1) is 23.1. The van der Waals surface area contributed by atoms with Crippen LogP contribution >= 0.6 is 12.6 Å². The number of thiol groups is 1. The molecule has 0 aliphatic carbocycles. The number of amides is 2. The molecule has 0 fully saturated rings. The Morgan fingerprint density at radius 1 is 0.960 bits per heavy atom. The van der Waals surface area contributed by atoms with E-state index < -0.39 is 41.9 Å². The van der Waals surface area contributed by atoms with Gasteiger partial charge in [0, 0.05) is 12.2 Å². The van der Waals surface area contributed by atoms with Gasteiger partial charge in [0.05, 0.1) is 6.04 Å². The predicted octanol–water partition coefficient (Wildman–Crippen LogP) is -1.71. The van der Waals surface area contributed by atoms with Crippen LogP contribution in [-0.2, 0) is 19.2 Å². The highest BCUT2D eigenvalue weighted by Gasteiger charge is 2.27. The first-order chi connectivity index (χ1) is 11.7. The average Bonchev–Trinajstić information content (AvgIpc) is 2.56. The van der Waals surface area contributed by atoms with Crippen molar-refractivity contribution in [3.63, 3.8) is 0 Å². The van der Waals surface area contributed by atoms with E-state index in [9.17, 15) is 24.3 Å². The maximum absolute atomic E-state index is 12.3. The van der Waals surface area contributed by atoms with Crippen molar-refractivity contribution in [1.82, 2.24) is 10.6 Å². The number of nitrogens with two attached hydrogens (primary N) is 2. The summed E-state index contributed by atoms with van der Waals surface area (Å²) >= 11 is 3.88. The molecule has 0 heterocycles. The van der Waals surface area contributed by atoms with Gasteiger partial charge in [0.25, 0.3) is 0 Å². The molecule has 0 aliphatic rings. The van der Waals surface area contributed by atoms with Crippen molar-refractivity contribution >= 4 is 36.4 Å². The number of nitrogens with one attached hydrogen (secondary N) is 2. The molecule has 11 heteroatoms. The van der Waals surface area contributed by atoms with Crippen molar-refractivity contribution in [2.75, 3.05) is 12.3 Å². The minimum atomic E-state index is -1.22. The zero-order valence-electron chi connectivity index (χ0n) is 13.8. The fraction of sp³-hybridized carbons (Fsp3) is 0.714. The van der Waals surface area contributed by atoms with E-state index in [1.807, 2.05) is 0 Å². The van der Waals surface area contributed by atoms with Crippen molar-refractivity contribution in [3.8, 4) is 0 Å². The molecule has 0 aromatic heterocycles. The van der Waals surface area contributed by atoms with E-state index in [0.717, 1.165) is 0 Å². The molecule has 10 nitrogen and oxygen atoms in total. The summed E-state index contributed by atoms with van der Waals surface area (Å²) in [5.41, 5.74) is 10.9. The molecule has 8 N–H and O–H groups in total.